The molecule has 7 nitrogen and oxygen atoms in total. The van der Waals surface area contributed by atoms with Gasteiger partial charge in [-0.15, -0.1) is 22.7 Å². The number of carbonyl (C=O) groups is 3. The van der Waals surface area contributed by atoms with E-state index in [1.54, 1.807) is 17.2 Å². The van der Waals surface area contributed by atoms with Gasteiger partial charge >= 0.3 is 5.97 Å². The highest BCUT2D eigenvalue weighted by Gasteiger charge is 2.28. The van der Waals surface area contributed by atoms with Crippen molar-refractivity contribution in [2.24, 2.45) is 5.92 Å². The molecule has 1 aliphatic heterocycles. The summed E-state index contributed by atoms with van der Waals surface area (Å²) >= 11 is 2.72. The Morgan fingerprint density at radius 2 is 2.07 bits per heavy atom. The zero-order chi connectivity index (χ0) is 19.2. The predicted molar refractivity (Wildman–Crippen MR) is 104 cm³/mol. The maximum Gasteiger partial charge on any atom is 0.311 e. The number of anilines is 1. The second-order valence-electron chi connectivity index (χ2n) is 6.16. The van der Waals surface area contributed by atoms with Gasteiger partial charge in [0.05, 0.1) is 23.6 Å². The Morgan fingerprint density at radius 3 is 2.74 bits per heavy atom. The van der Waals surface area contributed by atoms with Gasteiger partial charge in [-0.1, -0.05) is 6.07 Å². The average molecular weight is 408 g/mol. The van der Waals surface area contributed by atoms with Gasteiger partial charge in [-0.25, -0.2) is 4.98 Å². The smallest absolute Gasteiger partial charge is 0.311 e. The molecule has 1 fully saturated rings. The summed E-state index contributed by atoms with van der Waals surface area (Å²) in [5, 5.41) is 6.94. The summed E-state index contributed by atoms with van der Waals surface area (Å²) in [6, 6.07) is 3.68. The average Bonchev–Trinajstić information content (AvgIpc) is 3.34. The van der Waals surface area contributed by atoms with Crippen LogP contribution in [0, 0.1) is 5.92 Å². The van der Waals surface area contributed by atoms with Crippen LogP contribution in [0.3, 0.4) is 0 Å². The molecule has 0 unspecified atom stereocenters. The summed E-state index contributed by atoms with van der Waals surface area (Å²) < 4.78 is 4.89. The fourth-order valence-electron chi connectivity index (χ4n) is 2.91. The molecular weight excluding hydrogens is 386 g/mol. The first kappa shape index (κ1) is 19.5. The van der Waals surface area contributed by atoms with Crippen molar-refractivity contribution in [2.45, 2.75) is 26.2 Å². The minimum Gasteiger partial charge on any atom is -0.466 e. The predicted octanol–water partition coefficient (Wildman–Crippen LogP) is 2.80. The molecule has 0 saturated carbocycles. The Kier molecular flexibility index (Phi) is 6.57. The lowest BCUT2D eigenvalue weighted by Crippen LogP contribution is -2.41. The number of esters is 1. The summed E-state index contributed by atoms with van der Waals surface area (Å²) in [7, 11) is 0. The van der Waals surface area contributed by atoms with E-state index < -0.39 is 0 Å². The molecule has 0 atom stereocenters. The first-order valence-electron chi connectivity index (χ1n) is 8.80. The molecule has 9 heteroatoms. The lowest BCUT2D eigenvalue weighted by Gasteiger charge is -2.30. The van der Waals surface area contributed by atoms with Crippen molar-refractivity contribution in [2.75, 3.05) is 25.0 Å². The molecule has 27 heavy (non-hydrogen) atoms. The summed E-state index contributed by atoms with van der Waals surface area (Å²) in [6.45, 7) is 3.23. The quantitative estimate of drug-likeness (QED) is 0.744. The number of nitrogens with zero attached hydrogens (tertiary/aromatic N) is 2. The molecule has 3 rings (SSSR count). The van der Waals surface area contributed by atoms with Crippen molar-refractivity contribution in [1.29, 1.82) is 0 Å². The number of thiophene rings is 1. The van der Waals surface area contributed by atoms with Crippen molar-refractivity contribution < 1.29 is 19.1 Å². The molecular formula is C18H21N3O4S2. The van der Waals surface area contributed by atoms with Crippen LogP contribution in [0.15, 0.2) is 22.9 Å². The van der Waals surface area contributed by atoms with E-state index in [0.29, 0.717) is 43.4 Å². The normalized spacial score (nSPS) is 14.8. The van der Waals surface area contributed by atoms with E-state index in [1.807, 2.05) is 17.5 Å². The Labute approximate surface area is 165 Å². The van der Waals surface area contributed by atoms with Gasteiger partial charge in [-0.2, -0.15) is 0 Å². The lowest BCUT2D eigenvalue weighted by atomic mass is 9.96. The monoisotopic (exact) mass is 407 g/mol. The van der Waals surface area contributed by atoms with E-state index in [-0.39, 0.29) is 30.1 Å². The highest BCUT2D eigenvalue weighted by atomic mass is 32.1. The van der Waals surface area contributed by atoms with Gasteiger partial charge in [0.1, 0.15) is 0 Å². The van der Waals surface area contributed by atoms with Crippen molar-refractivity contribution in [3.63, 3.8) is 0 Å². The molecule has 3 heterocycles. The highest BCUT2D eigenvalue weighted by Crippen LogP contribution is 2.23. The fourth-order valence-corrected chi connectivity index (χ4v) is 4.32. The zero-order valence-electron chi connectivity index (χ0n) is 15.0. The maximum atomic E-state index is 12.5. The summed E-state index contributed by atoms with van der Waals surface area (Å²) in [6.07, 6.45) is 1.36. The third kappa shape index (κ3) is 5.14. The fraction of sp³-hybridized carbons (Fsp3) is 0.444. The molecule has 0 bridgehead atoms. The maximum absolute atomic E-state index is 12.5. The van der Waals surface area contributed by atoms with E-state index in [0.717, 1.165) is 4.88 Å². The van der Waals surface area contributed by atoms with Crippen LogP contribution in [-0.2, 0) is 20.7 Å². The lowest BCUT2D eigenvalue weighted by molar-refractivity contribution is -0.142. The molecule has 0 aromatic carbocycles. The zero-order valence-corrected chi connectivity index (χ0v) is 16.6. The number of rotatable bonds is 6. The molecule has 0 spiro atoms. The summed E-state index contributed by atoms with van der Waals surface area (Å²) in [4.78, 5) is 43.1. The van der Waals surface area contributed by atoms with Crippen LogP contribution in [0.2, 0.25) is 0 Å². The number of aromatic nitrogens is 1. The number of ether oxygens (including phenoxy) is 1. The van der Waals surface area contributed by atoms with Crippen LogP contribution >= 0.6 is 22.7 Å². The number of nitrogens with one attached hydrogen (secondary N) is 1. The second-order valence-corrected chi connectivity index (χ2v) is 7.96. The topological polar surface area (TPSA) is 88.6 Å². The van der Waals surface area contributed by atoms with Gasteiger partial charge in [-0.05, 0) is 31.2 Å². The van der Waals surface area contributed by atoms with Crippen molar-refractivity contribution in [3.8, 4) is 0 Å². The van der Waals surface area contributed by atoms with E-state index in [9.17, 15) is 14.4 Å². The molecule has 1 N–H and O–H groups in total. The Hall–Kier alpha value is -2.26. The van der Waals surface area contributed by atoms with Crippen LogP contribution in [0.4, 0.5) is 5.13 Å². The SMILES string of the molecule is CCOC(=O)Cc1csc(NC(=O)C2CCN(C(=O)c3cccs3)CC2)n1. The highest BCUT2D eigenvalue weighted by molar-refractivity contribution is 7.14. The molecule has 1 saturated heterocycles. The van der Waals surface area contributed by atoms with Crippen LogP contribution in [-0.4, -0.2) is 47.4 Å². The van der Waals surface area contributed by atoms with Crippen molar-refractivity contribution in [1.82, 2.24) is 9.88 Å². The van der Waals surface area contributed by atoms with Crippen molar-refractivity contribution >= 4 is 45.6 Å². The van der Waals surface area contributed by atoms with Crippen LogP contribution < -0.4 is 5.32 Å². The first-order valence-corrected chi connectivity index (χ1v) is 10.6. The third-order valence-corrected chi connectivity index (χ3v) is 5.96. The largest absolute Gasteiger partial charge is 0.466 e. The molecule has 2 amide bonds. The minimum atomic E-state index is -0.330. The number of hydrogen-bond acceptors (Lipinski definition) is 7. The number of carbonyl (C=O) groups excluding carboxylic acids is 3. The van der Waals surface area contributed by atoms with Gasteiger partial charge in [0.2, 0.25) is 5.91 Å². The second kappa shape index (κ2) is 9.09. The standard InChI is InChI=1S/C18H21N3O4S2/c1-2-25-15(22)10-13-11-27-18(19-13)20-16(23)12-5-7-21(8-6-12)17(24)14-4-3-9-26-14/h3-4,9,11-12H,2,5-8,10H2,1H3,(H,19,20,23). The molecule has 2 aromatic rings. The summed E-state index contributed by atoms with van der Waals surface area (Å²) in [5.41, 5.74) is 0.588. The molecule has 144 valence electrons. The van der Waals surface area contributed by atoms with Gasteiger partial charge in [0.15, 0.2) is 5.13 Å². The Morgan fingerprint density at radius 1 is 1.30 bits per heavy atom. The molecule has 0 aliphatic carbocycles. The Balaban J connectivity index is 1.48. The number of likely N-dealkylation sites (tertiary alicyclic amines) is 1. The molecule has 1 aliphatic rings. The molecule has 0 radical (unpaired) electrons. The van der Waals surface area contributed by atoms with Crippen LogP contribution in [0.1, 0.15) is 35.1 Å². The number of piperidine rings is 1. The van der Waals surface area contributed by atoms with Gasteiger partial charge < -0.3 is 15.0 Å². The van der Waals surface area contributed by atoms with E-state index >= 15 is 0 Å². The van der Waals surface area contributed by atoms with E-state index in [2.05, 4.69) is 10.3 Å². The van der Waals surface area contributed by atoms with Crippen LogP contribution in [0.25, 0.3) is 0 Å². The number of amides is 2. The first-order chi connectivity index (χ1) is 13.1. The number of thiazole rings is 1. The van der Waals surface area contributed by atoms with E-state index in [1.165, 1.54) is 22.7 Å². The molecule has 2 aromatic heterocycles. The van der Waals surface area contributed by atoms with Gasteiger partial charge in [-0.3, -0.25) is 14.4 Å². The third-order valence-electron chi connectivity index (χ3n) is 4.30. The van der Waals surface area contributed by atoms with Crippen molar-refractivity contribution in [3.05, 3.63) is 33.5 Å². The Bertz CT molecular complexity index is 795. The van der Waals surface area contributed by atoms with Gasteiger partial charge in [0.25, 0.3) is 5.91 Å². The number of hydrogen-bond donors (Lipinski definition) is 1. The van der Waals surface area contributed by atoms with Gasteiger partial charge in [0, 0.05) is 24.4 Å². The summed E-state index contributed by atoms with van der Waals surface area (Å²) in [5.74, 6) is -0.527. The van der Waals surface area contributed by atoms with E-state index in [4.69, 9.17) is 4.74 Å². The van der Waals surface area contributed by atoms with Crippen LogP contribution in [0.5, 0.6) is 0 Å². The minimum absolute atomic E-state index is 0.0346.